The quantitative estimate of drug-likeness (QED) is 0.517. The van der Waals surface area contributed by atoms with Gasteiger partial charge in [0.05, 0.1) is 19.8 Å². The number of nitrogens with zero attached hydrogens (tertiary/aromatic N) is 3. The zero-order chi connectivity index (χ0) is 22.1. The average molecular weight is 423 g/mol. The Labute approximate surface area is 180 Å². The molecular formula is C22H25N5O4. The number of rotatable bonds is 10. The Morgan fingerprint density at radius 1 is 1.03 bits per heavy atom. The predicted octanol–water partition coefficient (Wildman–Crippen LogP) is 2.11. The second-order valence-corrected chi connectivity index (χ2v) is 6.46. The number of aromatic nitrogens is 3. The molecule has 0 aliphatic carbocycles. The Kier molecular flexibility index (Phi) is 7.58. The molecule has 3 rings (SSSR count). The van der Waals surface area contributed by atoms with Crippen LogP contribution in [0.1, 0.15) is 29.8 Å². The molecule has 2 amide bonds. The third kappa shape index (κ3) is 6.05. The fourth-order valence-electron chi connectivity index (χ4n) is 2.78. The molecule has 0 unspecified atom stereocenters. The highest BCUT2D eigenvalue weighted by Gasteiger charge is 2.12. The van der Waals surface area contributed by atoms with E-state index >= 15 is 0 Å². The van der Waals surface area contributed by atoms with Crippen molar-refractivity contribution in [1.29, 1.82) is 0 Å². The van der Waals surface area contributed by atoms with E-state index in [1.54, 1.807) is 41.5 Å². The molecule has 0 radical (unpaired) electrons. The number of amides is 2. The molecule has 162 valence electrons. The maximum atomic E-state index is 12.4. The summed E-state index contributed by atoms with van der Waals surface area (Å²) in [4.78, 5) is 28.8. The van der Waals surface area contributed by atoms with Crippen LogP contribution in [0.15, 0.2) is 55.0 Å². The summed E-state index contributed by atoms with van der Waals surface area (Å²) in [5.74, 6) is 1.08. The Bertz CT molecular complexity index is 1000. The number of pyridine rings is 1. The van der Waals surface area contributed by atoms with Crippen LogP contribution in [0.4, 0.5) is 0 Å². The number of nitrogens with one attached hydrogen (secondary N) is 2. The number of hydrogen-bond donors (Lipinski definition) is 2. The van der Waals surface area contributed by atoms with Crippen molar-refractivity contribution in [3.63, 3.8) is 0 Å². The smallest absolute Gasteiger partial charge is 0.251 e. The molecule has 2 N–H and O–H groups in total. The van der Waals surface area contributed by atoms with Crippen molar-refractivity contribution in [2.75, 3.05) is 19.8 Å². The first kappa shape index (κ1) is 21.8. The maximum absolute atomic E-state index is 12.4. The molecule has 2 aromatic heterocycles. The van der Waals surface area contributed by atoms with Gasteiger partial charge >= 0.3 is 0 Å². The first-order valence-corrected chi connectivity index (χ1v) is 10.00. The van der Waals surface area contributed by atoms with Gasteiger partial charge in [0.2, 0.25) is 5.91 Å². The number of carbonyl (C=O) groups excluding carboxylic acids is 2. The predicted molar refractivity (Wildman–Crippen MR) is 114 cm³/mol. The van der Waals surface area contributed by atoms with E-state index in [1.807, 2.05) is 32.0 Å². The van der Waals surface area contributed by atoms with Crippen molar-refractivity contribution in [1.82, 2.24) is 25.4 Å². The summed E-state index contributed by atoms with van der Waals surface area (Å²) in [5, 5.41) is 9.48. The third-order valence-corrected chi connectivity index (χ3v) is 4.25. The zero-order valence-corrected chi connectivity index (χ0v) is 17.5. The van der Waals surface area contributed by atoms with Gasteiger partial charge in [0.15, 0.2) is 17.3 Å². The molecule has 31 heavy (non-hydrogen) atoms. The lowest BCUT2D eigenvalue weighted by atomic mass is 10.2. The van der Waals surface area contributed by atoms with Gasteiger partial charge < -0.3 is 20.1 Å². The number of carbonyl (C=O) groups is 2. The van der Waals surface area contributed by atoms with E-state index in [9.17, 15) is 9.59 Å². The molecule has 3 aromatic rings. The Hall–Kier alpha value is -3.88. The summed E-state index contributed by atoms with van der Waals surface area (Å²) < 4.78 is 12.7. The molecular weight excluding hydrogens is 398 g/mol. The lowest BCUT2D eigenvalue weighted by molar-refractivity contribution is -0.120. The monoisotopic (exact) mass is 423 g/mol. The number of ether oxygens (including phenoxy) is 2. The van der Waals surface area contributed by atoms with Gasteiger partial charge in [0.25, 0.3) is 5.91 Å². The summed E-state index contributed by atoms with van der Waals surface area (Å²) in [6, 6.07) is 10.4. The molecule has 0 spiro atoms. The van der Waals surface area contributed by atoms with Crippen LogP contribution in [-0.4, -0.2) is 46.3 Å². The Morgan fingerprint density at radius 2 is 1.84 bits per heavy atom. The van der Waals surface area contributed by atoms with Crippen LogP contribution in [0.2, 0.25) is 0 Å². The van der Waals surface area contributed by atoms with Gasteiger partial charge in [0, 0.05) is 30.7 Å². The highest BCUT2D eigenvalue weighted by molar-refractivity contribution is 5.97. The van der Waals surface area contributed by atoms with Crippen LogP contribution in [0.25, 0.3) is 5.82 Å². The van der Waals surface area contributed by atoms with Gasteiger partial charge in [-0.05, 0) is 49.7 Å². The van der Waals surface area contributed by atoms with Gasteiger partial charge in [-0.1, -0.05) is 6.07 Å². The molecule has 0 fully saturated rings. The molecule has 2 heterocycles. The Balaban J connectivity index is 1.49. The van der Waals surface area contributed by atoms with Crippen LogP contribution in [0.3, 0.4) is 0 Å². The lowest BCUT2D eigenvalue weighted by Crippen LogP contribution is -2.36. The summed E-state index contributed by atoms with van der Waals surface area (Å²) >= 11 is 0. The number of benzene rings is 1. The van der Waals surface area contributed by atoms with Crippen molar-refractivity contribution < 1.29 is 19.1 Å². The van der Waals surface area contributed by atoms with Gasteiger partial charge in [-0.2, -0.15) is 5.10 Å². The maximum Gasteiger partial charge on any atom is 0.251 e. The second-order valence-electron chi connectivity index (χ2n) is 6.46. The summed E-state index contributed by atoms with van der Waals surface area (Å²) in [6.07, 6.45) is 5.15. The van der Waals surface area contributed by atoms with Crippen molar-refractivity contribution in [3.05, 3.63) is 66.1 Å². The molecule has 0 bridgehead atoms. The second kappa shape index (κ2) is 10.8. The minimum absolute atomic E-state index is 0.144. The first-order valence-electron chi connectivity index (χ1n) is 10.00. The van der Waals surface area contributed by atoms with E-state index in [2.05, 4.69) is 20.7 Å². The van der Waals surface area contributed by atoms with Crippen molar-refractivity contribution in [3.8, 4) is 17.3 Å². The first-order chi connectivity index (χ1) is 15.1. The van der Waals surface area contributed by atoms with E-state index in [-0.39, 0.29) is 18.4 Å². The van der Waals surface area contributed by atoms with E-state index in [1.165, 1.54) is 0 Å². The highest BCUT2D eigenvalue weighted by Crippen LogP contribution is 2.28. The van der Waals surface area contributed by atoms with E-state index in [0.717, 1.165) is 5.56 Å². The third-order valence-electron chi connectivity index (χ3n) is 4.25. The molecule has 1 aromatic carbocycles. The summed E-state index contributed by atoms with van der Waals surface area (Å²) in [7, 11) is 0. The summed E-state index contributed by atoms with van der Waals surface area (Å²) in [5.41, 5.74) is 1.22. The normalized spacial score (nSPS) is 10.4. The lowest BCUT2D eigenvalue weighted by Gasteiger charge is -2.12. The molecule has 9 heteroatoms. The van der Waals surface area contributed by atoms with E-state index in [0.29, 0.717) is 42.6 Å². The molecule has 0 saturated carbocycles. The largest absolute Gasteiger partial charge is 0.490 e. The van der Waals surface area contributed by atoms with Crippen LogP contribution < -0.4 is 20.1 Å². The van der Waals surface area contributed by atoms with Crippen LogP contribution in [0, 0.1) is 0 Å². The minimum Gasteiger partial charge on any atom is -0.490 e. The Morgan fingerprint density at radius 3 is 2.52 bits per heavy atom. The van der Waals surface area contributed by atoms with Crippen molar-refractivity contribution in [2.45, 2.75) is 20.4 Å². The van der Waals surface area contributed by atoms with E-state index in [4.69, 9.17) is 9.47 Å². The van der Waals surface area contributed by atoms with E-state index < -0.39 is 0 Å². The van der Waals surface area contributed by atoms with Gasteiger partial charge in [-0.3, -0.25) is 9.59 Å². The van der Waals surface area contributed by atoms with Gasteiger partial charge in [-0.15, -0.1) is 0 Å². The van der Waals surface area contributed by atoms with Crippen LogP contribution in [0.5, 0.6) is 11.5 Å². The topological polar surface area (TPSA) is 107 Å². The molecule has 9 nitrogen and oxygen atoms in total. The van der Waals surface area contributed by atoms with Crippen LogP contribution >= 0.6 is 0 Å². The average Bonchev–Trinajstić information content (AvgIpc) is 3.33. The molecule has 0 saturated heterocycles. The van der Waals surface area contributed by atoms with Crippen molar-refractivity contribution in [2.24, 2.45) is 0 Å². The highest BCUT2D eigenvalue weighted by atomic mass is 16.5. The SMILES string of the molecule is CCOc1ccc(C(=O)NCC(=O)NCc2ccc(-n3cccn3)nc2)cc1OCC. The molecule has 0 aliphatic rings. The van der Waals surface area contributed by atoms with Crippen LogP contribution in [-0.2, 0) is 11.3 Å². The standard InChI is InChI=1S/C22H25N5O4/c1-3-30-18-8-7-17(12-19(18)31-4-2)22(29)25-15-21(28)24-14-16-6-9-20(23-13-16)27-11-5-10-26-27/h5-13H,3-4,14-15H2,1-2H3,(H,24,28)(H,25,29). The van der Waals surface area contributed by atoms with Crippen molar-refractivity contribution >= 4 is 11.8 Å². The fourth-order valence-corrected chi connectivity index (χ4v) is 2.78. The molecule has 0 aliphatic heterocycles. The molecule has 0 atom stereocenters. The zero-order valence-electron chi connectivity index (χ0n) is 17.5. The minimum atomic E-state index is -0.371. The number of hydrogen-bond acceptors (Lipinski definition) is 6. The fraction of sp³-hybridized carbons (Fsp3) is 0.273. The van der Waals surface area contributed by atoms with Gasteiger partial charge in [0.1, 0.15) is 0 Å². The van der Waals surface area contributed by atoms with Gasteiger partial charge in [-0.25, -0.2) is 9.67 Å². The summed E-state index contributed by atoms with van der Waals surface area (Å²) in [6.45, 7) is 4.83.